The number of benzene rings is 2. The predicted octanol–water partition coefficient (Wildman–Crippen LogP) is 2.78. The summed E-state index contributed by atoms with van der Waals surface area (Å²) in [5, 5.41) is 0. The Morgan fingerprint density at radius 2 is 1.67 bits per heavy atom. The Bertz CT molecular complexity index is 667. The van der Waals surface area contributed by atoms with Gasteiger partial charge in [0.1, 0.15) is 11.5 Å². The maximum absolute atomic E-state index is 11.7. The number of ether oxygens (including phenoxy) is 1. The molecule has 0 bridgehead atoms. The fourth-order valence-electron chi connectivity index (χ4n) is 2.34. The van der Waals surface area contributed by atoms with E-state index in [1.54, 1.807) is 4.90 Å². The Labute approximate surface area is 123 Å². The molecule has 0 N–H and O–H groups in total. The van der Waals surface area contributed by atoms with Gasteiger partial charge in [0.25, 0.3) is 0 Å². The number of rotatable bonds is 4. The predicted molar refractivity (Wildman–Crippen MR) is 78.0 cm³/mol. The Balaban J connectivity index is 1.80. The number of Topliss-reactive ketones (excluding diaryl/α,β-unsaturated/α-hetero) is 1. The van der Waals surface area contributed by atoms with Crippen molar-refractivity contribution in [2.75, 3.05) is 6.54 Å². The molecule has 0 aromatic heterocycles. The van der Waals surface area contributed by atoms with Gasteiger partial charge >= 0.3 is 0 Å². The molecule has 1 aliphatic heterocycles. The summed E-state index contributed by atoms with van der Waals surface area (Å²) >= 11 is 0. The molecule has 3 rings (SSSR count). The largest absolute Gasteiger partial charge is 0.457 e. The van der Waals surface area contributed by atoms with E-state index in [0.717, 1.165) is 11.3 Å². The molecule has 4 heteroatoms. The molecule has 1 aliphatic rings. The molecular weight excluding hydrogens is 266 g/mol. The highest BCUT2D eigenvalue weighted by atomic mass is 16.5. The third-order valence-electron chi connectivity index (χ3n) is 3.37. The summed E-state index contributed by atoms with van der Waals surface area (Å²) < 4.78 is 5.86. The van der Waals surface area contributed by atoms with Crippen LogP contribution in [0.5, 0.6) is 11.5 Å². The number of nitrogens with zero attached hydrogens (tertiary/aromatic N) is 1. The van der Waals surface area contributed by atoms with E-state index in [0.29, 0.717) is 12.3 Å². The molecule has 0 aliphatic carbocycles. The fraction of sp³-hybridized carbons (Fsp3) is 0.176. The molecular formula is C17H15NO3. The van der Waals surface area contributed by atoms with Gasteiger partial charge in [-0.3, -0.25) is 9.59 Å². The van der Waals surface area contributed by atoms with Crippen LogP contribution in [-0.2, 0) is 16.1 Å². The molecule has 0 saturated carbocycles. The van der Waals surface area contributed by atoms with Crippen molar-refractivity contribution in [3.05, 3.63) is 60.2 Å². The molecule has 0 spiro atoms. The Hall–Kier alpha value is -2.62. The maximum atomic E-state index is 11.7. The number of amides is 1. The second-order valence-corrected chi connectivity index (χ2v) is 4.99. The van der Waals surface area contributed by atoms with Crippen LogP contribution in [-0.4, -0.2) is 23.1 Å². The van der Waals surface area contributed by atoms with Crippen LogP contribution in [0, 0.1) is 0 Å². The number of carbonyl (C=O) groups is 2. The zero-order chi connectivity index (χ0) is 14.7. The summed E-state index contributed by atoms with van der Waals surface area (Å²) in [6.07, 6.45) is 0.0156. The van der Waals surface area contributed by atoms with Crippen LogP contribution in [0.2, 0.25) is 0 Å². The second kappa shape index (κ2) is 5.79. The van der Waals surface area contributed by atoms with Gasteiger partial charge in [-0.05, 0) is 18.2 Å². The van der Waals surface area contributed by atoms with Crippen molar-refractivity contribution < 1.29 is 14.3 Å². The van der Waals surface area contributed by atoms with Crippen LogP contribution in [0.4, 0.5) is 0 Å². The van der Waals surface area contributed by atoms with E-state index in [4.69, 9.17) is 4.74 Å². The number of para-hydroxylation sites is 2. The minimum absolute atomic E-state index is 0.0156. The van der Waals surface area contributed by atoms with E-state index >= 15 is 0 Å². The molecule has 21 heavy (non-hydrogen) atoms. The molecule has 0 unspecified atom stereocenters. The molecule has 0 atom stereocenters. The molecule has 2 aromatic rings. The third-order valence-corrected chi connectivity index (χ3v) is 3.37. The van der Waals surface area contributed by atoms with Crippen LogP contribution < -0.4 is 4.74 Å². The fourth-order valence-corrected chi connectivity index (χ4v) is 2.34. The monoisotopic (exact) mass is 281 g/mol. The van der Waals surface area contributed by atoms with Gasteiger partial charge in [-0.25, -0.2) is 0 Å². The molecule has 0 radical (unpaired) electrons. The van der Waals surface area contributed by atoms with Crippen LogP contribution in [0.15, 0.2) is 54.6 Å². The minimum Gasteiger partial charge on any atom is -0.457 e. The maximum Gasteiger partial charge on any atom is 0.230 e. The first-order valence-corrected chi connectivity index (χ1v) is 6.82. The van der Waals surface area contributed by atoms with Crippen molar-refractivity contribution in [3.8, 4) is 11.5 Å². The number of hydrogen-bond donors (Lipinski definition) is 0. The quantitative estimate of drug-likeness (QED) is 0.810. The third kappa shape index (κ3) is 3.11. The number of ketones is 1. The lowest BCUT2D eigenvalue weighted by Crippen LogP contribution is -2.24. The van der Waals surface area contributed by atoms with Crippen molar-refractivity contribution in [1.82, 2.24) is 4.90 Å². The van der Waals surface area contributed by atoms with Crippen LogP contribution >= 0.6 is 0 Å². The lowest BCUT2D eigenvalue weighted by molar-refractivity contribution is -0.128. The minimum atomic E-state index is -0.116. The highest BCUT2D eigenvalue weighted by Crippen LogP contribution is 2.26. The van der Waals surface area contributed by atoms with Gasteiger partial charge in [-0.15, -0.1) is 0 Å². The summed E-state index contributed by atoms with van der Waals surface area (Å²) in [7, 11) is 0. The van der Waals surface area contributed by atoms with Crippen molar-refractivity contribution in [2.24, 2.45) is 0 Å². The molecule has 4 nitrogen and oxygen atoms in total. The smallest absolute Gasteiger partial charge is 0.230 e. The zero-order valence-corrected chi connectivity index (χ0v) is 11.5. The average molecular weight is 281 g/mol. The summed E-state index contributed by atoms with van der Waals surface area (Å²) in [5.41, 5.74) is 0.893. The molecule has 1 saturated heterocycles. The topological polar surface area (TPSA) is 46.6 Å². The van der Waals surface area contributed by atoms with Crippen LogP contribution in [0.3, 0.4) is 0 Å². The average Bonchev–Trinajstić information content (AvgIpc) is 2.80. The lowest BCUT2D eigenvalue weighted by Gasteiger charge is -2.17. The summed E-state index contributed by atoms with van der Waals surface area (Å²) in [5.74, 6) is 1.31. The van der Waals surface area contributed by atoms with Crippen LogP contribution in [0.25, 0.3) is 0 Å². The van der Waals surface area contributed by atoms with Gasteiger partial charge in [-0.1, -0.05) is 36.4 Å². The van der Waals surface area contributed by atoms with Crippen molar-refractivity contribution in [1.29, 1.82) is 0 Å². The molecule has 2 aromatic carbocycles. The van der Waals surface area contributed by atoms with Gasteiger partial charge in [-0.2, -0.15) is 0 Å². The van der Waals surface area contributed by atoms with Gasteiger partial charge in [0, 0.05) is 12.1 Å². The van der Waals surface area contributed by atoms with Gasteiger partial charge in [0.05, 0.1) is 13.0 Å². The van der Waals surface area contributed by atoms with E-state index in [9.17, 15) is 9.59 Å². The highest BCUT2D eigenvalue weighted by molar-refractivity contribution is 6.05. The van der Waals surface area contributed by atoms with Crippen LogP contribution in [0.1, 0.15) is 12.0 Å². The van der Waals surface area contributed by atoms with E-state index in [2.05, 4.69) is 0 Å². The van der Waals surface area contributed by atoms with Gasteiger partial charge < -0.3 is 9.64 Å². The Morgan fingerprint density at radius 3 is 2.38 bits per heavy atom. The van der Waals surface area contributed by atoms with E-state index in [1.165, 1.54) is 0 Å². The lowest BCUT2D eigenvalue weighted by atomic mass is 10.2. The number of hydrogen-bond acceptors (Lipinski definition) is 3. The number of likely N-dealkylation sites (tertiary alicyclic amines) is 1. The summed E-state index contributed by atoms with van der Waals surface area (Å²) in [6.45, 7) is 0.589. The molecule has 1 fully saturated rings. The zero-order valence-electron chi connectivity index (χ0n) is 11.5. The number of carbonyl (C=O) groups excluding carboxylic acids is 2. The second-order valence-electron chi connectivity index (χ2n) is 4.99. The SMILES string of the molecule is O=C1CC(=O)N(Cc2ccccc2Oc2ccccc2)C1. The normalized spacial score (nSPS) is 14.6. The van der Waals surface area contributed by atoms with E-state index in [1.807, 2.05) is 54.6 Å². The first kappa shape index (κ1) is 13.4. The molecule has 1 amide bonds. The van der Waals surface area contributed by atoms with Crippen molar-refractivity contribution >= 4 is 11.7 Å². The standard InChI is InChI=1S/C17H15NO3/c19-14-10-17(20)18(12-14)11-13-6-4-5-9-16(13)21-15-7-2-1-3-8-15/h1-9H,10-12H2. The summed E-state index contributed by atoms with van der Waals surface area (Å²) in [6, 6.07) is 17.0. The first-order chi connectivity index (χ1) is 10.2. The molecule has 1 heterocycles. The van der Waals surface area contributed by atoms with Crippen molar-refractivity contribution in [2.45, 2.75) is 13.0 Å². The molecule has 106 valence electrons. The highest BCUT2D eigenvalue weighted by Gasteiger charge is 2.27. The van der Waals surface area contributed by atoms with Crippen molar-refractivity contribution in [3.63, 3.8) is 0 Å². The van der Waals surface area contributed by atoms with E-state index in [-0.39, 0.29) is 24.7 Å². The Morgan fingerprint density at radius 1 is 0.952 bits per heavy atom. The summed E-state index contributed by atoms with van der Waals surface area (Å²) in [4.78, 5) is 24.6. The van der Waals surface area contributed by atoms with Gasteiger partial charge in [0.2, 0.25) is 5.91 Å². The van der Waals surface area contributed by atoms with Gasteiger partial charge in [0.15, 0.2) is 5.78 Å². The van der Waals surface area contributed by atoms with E-state index < -0.39 is 0 Å². The Kier molecular flexibility index (Phi) is 3.69. The first-order valence-electron chi connectivity index (χ1n) is 6.82.